The summed E-state index contributed by atoms with van der Waals surface area (Å²) in [5.74, 6) is 0. The Morgan fingerprint density at radius 3 is 2.81 bits per heavy atom. The standard InChI is InChI=1S/C12H23N3O/c1-10(2)15-7-6-12(14-15)9-11(13)5-4-8-16-3/h6-7,10-11H,4-5,8-9,13H2,1-3H3. The van der Waals surface area contributed by atoms with Crippen LogP contribution >= 0.6 is 0 Å². The molecule has 0 fully saturated rings. The van der Waals surface area contributed by atoms with Crippen molar-refractivity contribution in [2.45, 2.75) is 45.2 Å². The van der Waals surface area contributed by atoms with Gasteiger partial charge in [-0.15, -0.1) is 0 Å². The number of nitrogens with two attached hydrogens (primary N) is 1. The van der Waals surface area contributed by atoms with E-state index in [1.807, 2.05) is 10.9 Å². The Kier molecular flexibility index (Phi) is 5.49. The van der Waals surface area contributed by atoms with E-state index < -0.39 is 0 Å². The highest BCUT2D eigenvalue weighted by atomic mass is 16.5. The molecule has 1 rings (SSSR count). The Bertz CT molecular complexity index is 296. The Labute approximate surface area is 97.8 Å². The summed E-state index contributed by atoms with van der Waals surface area (Å²) in [4.78, 5) is 0. The van der Waals surface area contributed by atoms with Crippen LogP contribution < -0.4 is 5.73 Å². The molecule has 0 bridgehead atoms. The van der Waals surface area contributed by atoms with E-state index in [0.717, 1.165) is 31.6 Å². The molecular weight excluding hydrogens is 202 g/mol. The maximum absolute atomic E-state index is 6.03. The lowest BCUT2D eigenvalue weighted by Gasteiger charge is -2.09. The molecular formula is C12H23N3O. The number of hydrogen-bond donors (Lipinski definition) is 1. The molecule has 0 aliphatic carbocycles. The highest BCUT2D eigenvalue weighted by molar-refractivity contribution is 5.01. The predicted octanol–water partition coefficient (Wildman–Crippen LogP) is 1.76. The molecule has 2 N–H and O–H groups in total. The fourth-order valence-electron chi connectivity index (χ4n) is 1.63. The van der Waals surface area contributed by atoms with E-state index in [2.05, 4.69) is 25.0 Å². The summed E-state index contributed by atoms with van der Waals surface area (Å²) < 4.78 is 6.97. The normalized spacial score (nSPS) is 13.3. The number of ether oxygens (including phenoxy) is 1. The van der Waals surface area contributed by atoms with Crippen molar-refractivity contribution in [2.75, 3.05) is 13.7 Å². The van der Waals surface area contributed by atoms with Gasteiger partial charge in [0.1, 0.15) is 0 Å². The van der Waals surface area contributed by atoms with Crippen molar-refractivity contribution in [2.24, 2.45) is 5.73 Å². The highest BCUT2D eigenvalue weighted by Gasteiger charge is 2.07. The van der Waals surface area contributed by atoms with E-state index in [1.165, 1.54) is 0 Å². The summed E-state index contributed by atoms with van der Waals surface area (Å²) in [6.07, 6.45) is 4.87. The largest absolute Gasteiger partial charge is 0.385 e. The van der Waals surface area contributed by atoms with Gasteiger partial charge in [0.25, 0.3) is 0 Å². The summed E-state index contributed by atoms with van der Waals surface area (Å²) in [6.45, 7) is 5.03. The second kappa shape index (κ2) is 6.66. The maximum atomic E-state index is 6.03. The van der Waals surface area contributed by atoms with Crippen LogP contribution in [-0.2, 0) is 11.2 Å². The smallest absolute Gasteiger partial charge is 0.0640 e. The van der Waals surface area contributed by atoms with E-state index in [1.54, 1.807) is 7.11 Å². The van der Waals surface area contributed by atoms with Gasteiger partial charge >= 0.3 is 0 Å². The summed E-state index contributed by atoms with van der Waals surface area (Å²) in [7, 11) is 1.72. The average Bonchev–Trinajstić information content (AvgIpc) is 2.66. The van der Waals surface area contributed by atoms with Crippen LogP contribution in [0.2, 0.25) is 0 Å². The van der Waals surface area contributed by atoms with E-state index in [4.69, 9.17) is 10.5 Å². The topological polar surface area (TPSA) is 53.1 Å². The molecule has 1 atom stereocenters. The molecule has 0 aliphatic heterocycles. The molecule has 0 saturated heterocycles. The van der Waals surface area contributed by atoms with Crippen molar-refractivity contribution in [1.82, 2.24) is 9.78 Å². The minimum atomic E-state index is 0.186. The number of aromatic nitrogens is 2. The fraction of sp³-hybridized carbons (Fsp3) is 0.750. The van der Waals surface area contributed by atoms with Crippen LogP contribution in [0.5, 0.6) is 0 Å². The van der Waals surface area contributed by atoms with Gasteiger partial charge in [-0.1, -0.05) is 0 Å². The van der Waals surface area contributed by atoms with Crippen LogP contribution in [0.15, 0.2) is 12.3 Å². The van der Waals surface area contributed by atoms with Crippen molar-refractivity contribution in [1.29, 1.82) is 0 Å². The zero-order valence-corrected chi connectivity index (χ0v) is 10.5. The number of rotatable bonds is 7. The summed E-state index contributed by atoms with van der Waals surface area (Å²) in [6, 6.07) is 2.65. The second-order valence-electron chi connectivity index (χ2n) is 4.48. The number of hydrogen-bond acceptors (Lipinski definition) is 3. The monoisotopic (exact) mass is 225 g/mol. The lowest BCUT2D eigenvalue weighted by atomic mass is 10.1. The third-order valence-electron chi connectivity index (χ3n) is 2.59. The molecule has 1 aromatic heterocycles. The van der Waals surface area contributed by atoms with Gasteiger partial charge < -0.3 is 10.5 Å². The molecule has 0 radical (unpaired) electrons. The molecule has 16 heavy (non-hydrogen) atoms. The number of nitrogens with zero attached hydrogens (tertiary/aromatic N) is 2. The molecule has 0 aromatic carbocycles. The first-order valence-corrected chi connectivity index (χ1v) is 5.92. The Morgan fingerprint density at radius 1 is 1.50 bits per heavy atom. The lowest BCUT2D eigenvalue weighted by Crippen LogP contribution is -2.23. The third kappa shape index (κ3) is 4.33. The molecule has 0 amide bonds. The molecule has 1 aromatic rings. The van der Waals surface area contributed by atoms with Crippen LogP contribution in [0.1, 0.15) is 38.4 Å². The molecule has 92 valence electrons. The first kappa shape index (κ1) is 13.2. The van der Waals surface area contributed by atoms with Gasteiger partial charge in [-0.25, -0.2) is 0 Å². The summed E-state index contributed by atoms with van der Waals surface area (Å²) in [5.41, 5.74) is 7.11. The fourth-order valence-corrected chi connectivity index (χ4v) is 1.63. The first-order chi connectivity index (χ1) is 7.63. The van der Waals surface area contributed by atoms with Gasteiger partial charge in [0.05, 0.1) is 5.69 Å². The van der Waals surface area contributed by atoms with Gasteiger partial charge in [0, 0.05) is 38.4 Å². The Balaban J connectivity index is 2.34. The van der Waals surface area contributed by atoms with E-state index >= 15 is 0 Å². The van der Waals surface area contributed by atoms with Crippen molar-refractivity contribution in [3.05, 3.63) is 18.0 Å². The zero-order chi connectivity index (χ0) is 12.0. The first-order valence-electron chi connectivity index (χ1n) is 5.92. The third-order valence-corrected chi connectivity index (χ3v) is 2.59. The van der Waals surface area contributed by atoms with Crippen LogP contribution in [0.4, 0.5) is 0 Å². The van der Waals surface area contributed by atoms with Crippen molar-refractivity contribution < 1.29 is 4.74 Å². The summed E-state index contributed by atoms with van der Waals surface area (Å²) in [5, 5.41) is 4.48. The lowest BCUT2D eigenvalue weighted by molar-refractivity contribution is 0.190. The molecule has 0 saturated carbocycles. The molecule has 4 heteroatoms. The van der Waals surface area contributed by atoms with E-state index in [-0.39, 0.29) is 6.04 Å². The quantitative estimate of drug-likeness (QED) is 0.719. The van der Waals surface area contributed by atoms with Crippen LogP contribution in [0.25, 0.3) is 0 Å². The van der Waals surface area contributed by atoms with Gasteiger partial charge in [-0.3, -0.25) is 4.68 Å². The van der Waals surface area contributed by atoms with Crippen molar-refractivity contribution in [3.8, 4) is 0 Å². The minimum absolute atomic E-state index is 0.186. The van der Waals surface area contributed by atoms with Crippen LogP contribution in [-0.4, -0.2) is 29.5 Å². The minimum Gasteiger partial charge on any atom is -0.385 e. The maximum Gasteiger partial charge on any atom is 0.0640 e. The highest BCUT2D eigenvalue weighted by Crippen LogP contribution is 2.07. The SMILES string of the molecule is COCCCC(N)Cc1ccn(C(C)C)n1. The summed E-state index contributed by atoms with van der Waals surface area (Å²) >= 11 is 0. The van der Waals surface area contributed by atoms with Crippen LogP contribution in [0.3, 0.4) is 0 Å². The van der Waals surface area contributed by atoms with E-state index in [9.17, 15) is 0 Å². The average molecular weight is 225 g/mol. The van der Waals surface area contributed by atoms with Gasteiger partial charge in [-0.2, -0.15) is 5.10 Å². The molecule has 4 nitrogen and oxygen atoms in total. The molecule has 0 spiro atoms. The van der Waals surface area contributed by atoms with Gasteiger partial charge in [0.15, 0.2) is 0 Å². The second-order valence-corrected chi connectivity index (χ2v) is 4.48. The van der Waals surface area contributed by atoms with Crippen molar-refractivity contribution in [3.63, 3.8) is 0 Å². The van der Waals surface area contributed by atoms with Gasteiger partial charge in [-0.05, 0) is 32.8 Å². The van der Waals surface area contributed by atoms with Gasteiger partial charge in [0.2, 0.25) is 0 Å². The predicted molar refractivity (Wildman–Crippen MR) is 65.4 cm³/mol. The van der Waals surface area contributed by atoms with E-state index in [0.29, 0.717) is 6.04 Å². The van der Waals surface area contributed by atoms with Crippen molar-refractivity contribution >= 4 is 0 Å². The molecule has 0 aliphatic rings. The Morgan fingerprint density at radius 2 is 2.25 bits per heavy atom. The Hall–Kier alpha value is -0.870. The molecule has 1 unspecified atom stereocenters. The molecule has 1 heterocycles. The van der Waals surface area contributed by atoms with Crippen LogP contribution in [0, 0.1) is 0 Å². The number of methoxy groups -OCH3 is 1. The zero-order valence-electron chi connectivity index (χ0n) is 10.5.